The first kappa shape index (κ1) is 19.4. The molecule has 0 saturated carbocycles. The number of rotatable bonds is 5. The van der Waals surface area contributed by atoms with Crippen LogP contribution in [0.2, 0.25) is 0 Å². The molecule has 154 valence electrons. The van der Waals surface area contributed by atoms with E-state index in [4.69, 9.17) is 10.5 Å². The van der Waals surface area contributed by atoms with Gasteiger partial charge in [-0.15, -0.1) is 0 Å². The SMILES string of the molecule is CC(=O)[C@H]1O[C@@H](n2cnc3c(N)nc(N/N=C/C4CC=CCC4)nc32)[C@H](O)[C@@H]1O. The van der Waals surface area contributed by atoms with E-state index in [1.54, 1.807) is 0 Å². The van der Waals surface area contributed by atoms with E-state index in [0.29, 0.717) is 11.4 Å². The van der Waals surface area contributed by atoms with E-state index in [1.807, 2.05) is 6.21 Å². The summed E-state index contributed by atoms with van der Waals surface area (Å²) in [5.74, 6) is 0.261. The molecule has 4 rings (SSSR count). The maximum atomic E-state index is 11.6. The number of hydrogen-bond acceptors (Lipinski definition) is 10. The molecule has 2 aromatic heterocycles. The smallest absolute Gasteiger partial charge is 0.247 e. The first-order valence-electron chi connectivity index (χ1n) is 9.42. The number of aliphatic hydroxyl groups excluding tert-OH is 2. The van der Waals surface area contributed by atoms with Gasteiger partial charge in [-0.05, 0) is 32.1 Å². The van der Waals surface area contributed by atoms with Crippen LogP contribution in [0.15, 0.2) is 23.6 Å². The molecule has 0 bridgehead atoms. The Hall–Kier alpha value is -2.89. The van der Waals surface area contributed by atoms with Crippen molar-refractivity contribution in [3.63, 3.8) is 0 Å². The molecule has 5 N–H and O–H groups in total. The summed E-state index contributed by atoms with van der Waals surface area (Å²) in [4.78, 5) is 24.3. The van der Waals surface area contributed by atoms with Gasteiger partial charge in [0.05, 0.1) is 6.33 Å². The third kappa shape index (κ3) is 3.71. The minimum atomic E-state index is -1.35. The zero-order chi connectivity index (χ0) is 20.5. The Bertz CT molecular complexity index is 973. The monoisotopic (exact) mass is 401 g/mol. The van der Waals surface area contributed by atoms with Crippen molar-refractivity contribution in [3.05, 3.63) is 18.5 Å². The van der Waals surface area contributed by atoms with E-state index >= 15 is 0 Å². The molecule has 11 nitrogen and oxygen atoms in total. The summed E-state index contributed by atoms with van der Waals surface area (Å²) < 4.78 is 6.98. The summed E-state index contributed by atoms with van der Waals surface area (Å²) in [6, 6.07) is 0. The minimum absolute atomic E-state index is 0.128. The summed E-state index contributed by atoms with van der Waals surface area (Å²) in [6.07, 6.45) is 5.65. The van der Waals surface area contributed by atoms with Gasteiger partial charge in [-0.1, -0.05) is 12.2 Å². The summed E-state index contributed by atoms with van der Waals surface area (Å²) in [5.41, 5.74) is 9.36. The third-order valence-electron chi connectivity index (χ3n) is 5.12. The van der Waals surface area contributed by atoms with Crippen LogP contribution in [0.1, 0.15) is 32.4 Å². The van der Waals surface area contributed by atoms with E-state index in [1.165, 1.54) is 17.8 Å². The van der Waals surface area contributed by atoms with Gasteiger partial charge < -0.3 is 20.7 Å². The molecule has 2 aliphatic rings. The van der Waals surface area contributed by atoms with Crippen LogP contribution in [0.3, 0.4) is 0 Å². The molecule has 1 unspecified atom stereocenters. The van der Waals surface area contributed by atoms with Crippen molar-refractivity contribution in [2.24, 2.45) is 11.0 Å². The number of aliphatic hydroxyl groups is 2. The predicted molar refractivity (Wildman–Crippen MR) is 105 cm³/mol. The van der Waals surface area contributed by atoms with E-state index in [2.05, 4.69) is 37.6 Å². The second-order valence-corrected chi connectivity index (χ2v) is 7.23. The lowest BCUT2D eigenvalue weighted by atomic mass is 9.96. The zero-order valence-corrected chi connectivity index (χ0v) is 15.8. The van der Waals surface area contributed by atoms with Crippen LogP contribution in [0.4, 0.5) is 11.8 Å². The third-order valence-corrected chi connectivity index (χ3v) is 5.12. The molecule has 0 aromatic carbocycles. The summed E-state index contributed by atoms with van der Waals surface area (Å²) in [7, 11) is 0. The molecule has 1 fully saturated rings. The van der Waals surface area contributed by atoms with Crippen LogP contribution >= 0.6 is 0 Å². The van der Waals surface area contributed by atoms with Gasteiger partial charge in [0.1, 0.15) is 23.8 Å². The number of nitrogens with one attached hydrogen (secondary N) is 1. The number of anilines is 2. The number of carbonyl (C=O) groups is 1. The number of carbonyl (C=O) groups excluding carboxylic acids is 1. The number of hydrazone groups is 1. The molecular formula is C18H23N7O4. The van der Waals surface area contributed by atoms with Crippen molar-refractivity contribution in [2.75, 3.05) is 11.2 Å². The van der Waals surface area contributed by atoms with E-state index < -0.39 is 24.5 Å². The van der Waals surface area contributed by atoms with Gasteiger partial charge in [0.25, 0.3) is 0 Å². The molecule has 1 saturated heterocycles. The van der Waals surface area contributed by atoms with Crippen molar-refractivity contribution in [1.82, 2.24) is 19.5 Å². The average Bonchev–Trinajstić information content (AvgIpc) is 3.25. The molecule has 2 aromatic rings. The van der Waals surface area contributed by atoms with Crippen molar-refractivity contribution in [3.8, 4) is 0 Å². The fourth-order valence-electron chi connectivity index (χ4n) is 3.55. The van der Waals surface area contributed by atoms with Crippen LogP contribution in [0.5, 0.6) is 0 Å². The van der Waals surface area contributed by atoms with E-state index in [-0.39, 0.29) is 23.2 Å². The number of aromatic nitrogens is 4. The highest BCUT2D eigenvalue weighted by atomic mass is 16.6. The van der Waals surface area contributed by atoms with Gasteiger partial charge in [0, 0.05) is 6.21 Å². The minimum Gasteiger partial charge on any atom is -0.387 e. The van der Waals surface area contributed by atoms with Gasteiger partial charge in [-0.3, -0.25) is 9.36 Å². The van der Waals surface area contributed by atoms with Gasteiger partial charge in [0.2, 0.25) is 5.95 Å². The van der Waals surface area contributed by atoms with Crippen LogP contribution in [0, 0.1) is 5.92 Å². The average molecular weight is 401 g/mol. The van der Waals surface area contributed by atoms with Crippen molar-refractivity contribution < 1.29 is 19.7 Å². The fraction of sp³-hybridized carbons (Fsp3) is 0.500. The summed E-state index contributed by atoms with van der Waals surface area (Å²) in [5, 5.41) is 24.6. The Balaban J connectivity index is 1.59. The number of allylic oxidation sites excluding steroid dienone is 2. The number of Topliss-reactive ketones (excluding diaryl/α,β-unsaturated/α-hetero) is 1. The summed E-state index contributed by atoms with van der Waals surface area (Å²) >= 11 is 0. The Morgan fingerprint density at radius 3 is 2.90 bits per heavy atom. The second-order valence-electron chi connectivity index (χ2n) is 7.23. The first-order chi connectivity index (χ1) is 14.0. The zero-order valence-electron chi connectivity index (χ0n) is 15.8. The first-order valence-corrected chi connectivity index (χ1v) is 9.42. The van der Waals surface area contributed by atoms with Crippen LogP contribution in [-0.2, 0) is 9.53 Å². The molecule has 29 heavy (non-hydrogen) atoms. The number of fused-ring (bicyclic) bond motifs is 1. The summed E-state index contributed by atoms with van der Waals surface area (Å²) in [6.45, 7) is 1.29. The van der Waals surface area contributed by atoms with Crippen molar-refractivity contribution in [2.45, 2.75) is 50.7 Å². The fourth-order valence-corrected chi connectivity index (χ4v) is 3.55. The Morgan fingerprint density at radius 1 is 1.38 bits per heavy atom. The standard InChI is InChI=1S/C18H23N7O4/c1-9(26)14-12(27)13(28)17(29-14)25-8-20-11-15(19)22-18(23-16(11)25)24-21-7-10-5-3-2-4-6-10/h2-3,7-8,10,12-14,17,27-28H,4-6H2,1H3,(H3,19,22,23,24)/b21-7+/t10?,12-,13+,14+,17+/m0/s1. The number of nitrogen functional groups attached to an aromatic ring is 1. The number of nitrogens with zero attached hydrogens (tertiary/aromatic N) is 5. The van der Waals surface area contributed by atoms with Crippen LogP contribution in [-0.4, -0.2) is 60.0 Å². The highest BCUT2D eigenvalue weighted by Crippen LogP contribution is 2.32. The topological polar surface area (TPSA) is 161 Å². The molecule has 0 amide bonds. The normalized spacial score (nSPS) is 29.7. The van der Waals surface area contributed by atoms with Gasteiger partial charge in [-0.25, -0.2) is 10.4 Å². The highest BCUT2D eigenvalue weighted by Gasteiger charge is 2.46. The number of nitrogens with two attached hydrogens (primary N) is 1. The lowest BCUT2D eigenvalue weighted by Gasteiger charge is -2.16. The molecule has 11 heteroatoms. The lowest BCUT2D eigenvalue weighted by molar-refractivity contribution is -0.133. The van der Waals surface area contributed by atoms with E-state index in [9.17, 15) is 15.0 Å². The number of ether oxygens (including phenoxy) is 1. The van der Waals surface area contributed by atoms with E-state index in [0.717, 1.165) is 19.3 Å². The molecule has 1 aliphatic carbocycles. The molecular weight excluding hydrogens is 378 g/mol. The van der Waals surface area contributed by atoms with Gasteiger partial charge in [0.15, 0.2) is 23.5 Å². The maximum absolute atomic E-state index is 11.6. The second kappa shape index (κ2) is 7.85. The van der Waals surface area contributed by atoms with Gasteiger partial charge >= 0.3 is 0 Å². The Morgan fingerprint density at radius 2 is 2.21 bits per heavy atom. The molecule has 0 radical (unpaired) electrons. The Labute approximate surface area is 166 Å². The lowest BCUT2D eigenvalue weighted by Crippen LogP contribution is -2.34. The Kier molecular flexibility index (Phi) is 5.26. The largest absolute Gasteiger partial charge is 0.387 e. The highest BCUT2D eigenvalue weighted by molar-refractivity contribution is 5.83. The predicted octanol–water partition coefficient (Wildman–Crippen LogP) is 0.371. The van der Waals surface area contributed by atoms with Crippen LogP contribution < -0.4 is 11.2 Å². The number of ketones is 1. The van der Waals surface area contributed by atoms with Crippen molar-refractivity contribution >= 4 is 34.9 Å². The van der Waals surface area contributed by atoms with Crippen molar-refractivity contribution in [1.29, 1.82) is 0 Å². The quantitative estimate of drug-likeness (QED) is 0.315. The van der Waals surface area contributed by atoms with Gasteiger partial charge in [-0.2, -0.15) is 15.1 Å². The van der Waals surface area contributed by atoms with Crippen LogP contribution in [0.25, 0.3) is 11.2 Å². The molecule has 1 aliphatic heterocycles. The molecule has 3 heterocycles. The number of hydrogen-bond donors (Lipinski definition) is 4. The maximum Gasteiger partial charge on any atom is 0.247 e. The molecule has 5 atom stereocenters. The number of imidazole rings is 1. The molecule has 0 spiro atoms.